The lowest BCUT2D eigenvalue weighted by molar-refractivity contribution is -0.117. The highest BCUT2D eigenvalue weighted by Crippen LogP contribution is 2.33. The first-order valence-corrected chi connectivity index (χ1v) is 11.1. The summed E-state index contributed by atoms with van der Waals surface area (Å²) in [5.41, 5.74) is 5.36. The summed E-state index contributed by atoms with van der Waals surface area (Å²) < 4.78 is 8.25. The molecule has 0 bridgehead atoms. The number of benzene rings is 3. The van der Waals surface area contributed by atoms with Crippen LogP contribution in [0.25, 0.3) is 11.0 Å². The van der Waals surface area contributed by atoms with Crippen molar-refractivity contribution in [3.05, 3.63) is 89.7 Å². The van der Waals surface area contributed by atoms with Gasteiger partial charge in [-0.25, -0.2) is 4.98 Å². The molecule has 162 valence electrons. The molecule has 1 fully saturated rings. The van der Waals surface area contributed by atoms with Crippen LogP contribution in [-0.4, -0.2) is 28.6 Å². The summed E-state index contributed by atoms with van der Waals surface area (Å²) in [5, 5.41) is 0. The lowest BCUT2D eigenvalue weighted by Gasteiger charge is -2.18. The van der Waals surface area contributed by atoms with Gasteiger partial charge in [-0.15, -0.1) is 0 Å². The normalized spacial score (nSPS) is 16.1. The number of imidazole rings is 1. The number of anilines is 1. The van der Waals surface area contributed by atoms with E-state index in [9.17, 15) is 4.79 Å². The second-order valence-corrected chi connectivity index (χ2v) is 8.52. The van der Waals surface area contributed by atoms with Crippen LogP contribution in [0, 0.1) is 13.8 Å². The molecule has 0 unspecified atom stereocenters. The molecule has 5 nitrogen and oxygen atoms in total. The molecule has 0 N–H and O–H groups in total. The van der Waals surface area contributed by atoms with Gasteiger partial charge in [0.1, 0.15) is 18.2 Å². The van der Waals surface area contributed by atoms with Crippen LogP contribution in [0.4, 0.5) is 5.69 Å². The number of aryl methyl sites for hydroxylation is 2. The summed E-state index contributed by atoms with van der Waals surface area (Å²) in [7, 11) is 0. The Hall–Kier alpha value is -3.60. The van der Waals surface area contributed by atoms with E-state index in [1.165, 1.54) is 11.1 Å². The molecule has 5 rings (SSSR count). The summed E-state index contributed by atoms with van der Waals surface area (Å²) >= 11 is 0. The second-order valence-electron chi connectivity index (χ2n) is 8.52. The Kier molecular flexibility index (Phi) is 5.39. The number of aromatic nitrogens is 2. The Labute approximate surface area is 188 Å². The molecule has 32 heavy (non-hydrogen) atoms. The fraction of sp³-hybridized carbons (Fsp3) is 0.259. The Bertz CT molecular complexity index is 1260. The van der Waals surface area contributed by atoms with Crippen LogP contribution in [0.1, 0.15) is 29.3 Å². The molecule has 1 aliphatic heterocycles. The van der Waals surface area contributed by atoms with Gasteiger partial charge in [0.25, 0.3) is 0 Å². The van der Waals surface area contributed by atoms with E-state index in [4.69, 9.17) is 9.72 Å². The fourth-order valence-electron chi connectivity index (χ4n) is 4.46. The molecule has 1 amide bonds. The smallest absolute Gasteiger partial charge is 0.227 e. The molecule has 3 aromatic carbocycles. The van der Waals surface area contributed by atoms with Crippen LogP contribution in [0.5, 0.6) is 5.75 Å². The molecule has 4 aromatic rings. The van der Waals surface area contributed by atoms with E-state index in [1.807, 2.05) is 65.6 Å². The summed E-state index contributed by atoms with van der Waals surface area (Å²) in [4.78, 5) is 19.7. The molecular formula is C27H27N3O2. The van der Waals surface area contributed by atoms with E-state index in [2.05, 4.69) is 30.5 Å². The first-order valence-electron chi connectivity index (χ1n) is 11.1. The number of rotatable bonds is 6. The molecule has 1 atom stereocenters. The zero-order chi connectivity index (χ0) is 22.1. The van der Waals surface area contributed by atoms with Crippen molar-refractivity contribution in [3.8, 4) is 5.75 Å². The molecule has 5 heteroatoms. The van der Waals surface area contributed by atoms with Crippen LogP contribution in [0.3, 0.4) is 0 Å². The Morgan fingerprint density at radius 3 is 2.59 bits per heavy atom. The van der Waals surface area contributed by atoms with Crippen molar-refractivity contribution in [3.63, 3.8) is 0 Å². The van der Waals surface area contributed by atoms with Gasteiger partial charge in [0, 0.05) is 24.6 Å². The van der Waals surface area contributed by atoms with E-state index in [1.54, 1.807) is 0 Å². The Morgan fingerprint density at radius 2 is 1.78 bits per heavy atom. The molecule has 0 spiro atoms. The quantitative estimate of drug-likeness (QED) is 0.424. The number of amides is 1. The first kappa shape index (κ1) is 20.3. The van der Waals surface area contributed by atoms with Crippen molar-refractivity contribution < 1.29 is 9.53 Å². The monoisotopic (exact) mass is 425 g/mol. The van der Waals surface area contributed by atoms with Crippen molar-refractivity contribution >= 4 is 22.6 Å². The molecule has 0 radical (unpaired) electrons. The number of carbonyl (C=O) groups is 1. The summed E-state index contributed by atoms with van der Waals surface area (Å²) in [5.74, 6) is 2.03. The highest BCUT2D eigenvalue weighted by atomic mass is 16.5. The lowest BCUT2D eigenvalue weighted by atomic mass is 10.1. The van der Waals surface area contributed by atoms with Gasteiger partial charge in [0.05, 0.1) is 17.6 Å². The third kappa shape index (κ3) is 3.98. The number of fused-ring (bicyclic) bond motifs is 1. The minimum Gasteiger partial charge on any atom is -0.492 e. The van der Waals surface area contributed by atoms with Crippen molar-refractivity contribution in [1.29, 1.82) is 0 Å². The number of hydrogen-bond donors (Lipinski definition) is 0. The molecule has 1 aromatic heterocycles. The highest BCUT2D eigenvalue weighted by molar-refractivity contribution is 5.96. The average molecular weight is 426 g/mol. The van der Waals surface area contributed by atoms with E-state index < -0.39 is 0 Å². The molecular weight excluding hydrogens is 398 g/mol. The minimum absolute atomic E-state index is 0.0511. The lowest BCUT2D eigenvalue weighted by Crippen LogP contribution is -2.24. The van der Waals surface area contributed by atoms with Gasteiger partial charge >= 0.3 is 0 Å². The van der Waals surface area contributed by atoms with Gasteiger partial charge in [-0.2, -0.15) is 0 Å². The third-order valence-corrected chi connectivity index (χ3v) is 6.09. The van der Waals surface area contributed by atoms with Crippen molar-refractivity contribution in [2.24, 2.45) is 0 Å². The predicted octanol–water partition coefficient (Wildman–Crippen LogP) is 5.25. The molecule has 1 saturated heterocycles. The number of hydrogen-bond acceptors (Lipinski definition) is 3. The topological polar surface area (TPSA) is 47.4 Å². The van der Waals surface area contributed by atoms with Crippen molar-refractivity contribution in [1.82, 2.24) is 9.55 Å². The largest absolute Gasteiger partial charge is 0.492 e. The first-order chi connectivity index (χ1) is 15.6. The van der Waals surface area contributed by atoms with Crippen LogP contribution < -0.4 is 9.64 Å². The SMILES string of the molecule is Cc1ccc(N2C[C@H](c3nc4ccccc4n3CCOc3cccc(C)c3)CC2=O)cc1. The molecule has 0 aliphatic carbocycles. The molecule has 1 aliphatic rings. The van der Waals surface area contributed by atoms with Gasteiger partial charge in [0.15, 0.2) is 0 Å². The maximum Gasteiger partial charge on any atom is 0.227 e. The summed E-state index contributed by atoms with van der Waals surface area (Å²) in [6.07, 6.45) is 0.468. The zero-order valence-corrected chi connectivity index (χ0v) is 18.5. The van der Waals surface area contributed by atoms with Gasteiger partial charge in [-0.3, -0.25) is 4.79 Å². The van der Waals surface area contributed by atoms with Gasteiger partial charge < -0.3 is 14.2 Å². The van der Waals surface area contributed by atoms with E-state index in [0.29, 0.717) is 26.1 Å². The standard InChI is InChI=1S/C27H27N3O2/c1-19-10-12-22(13-11-19)30-18-21(17-26(30)31)27-28-24-8-3-4-9-25(24)29(27)14-15-32-23-7-5-6-20(2)16-23/h3-13,16,21H,14-15,17-18H2,1-2H3/t21-/m1/s1. The van der Waals surface area contributed by atoms with Gasteiger partial charge in [-0.1, -0.05) is 42.0 Å². The van der Waals surface area contributed by atoms with E-state index >= 15 is 0 Å². The third-order valence-electron chi connectivity index (χ3n) is 6.09. The van der Waals surface area contributed by atoms with Crippen molar-refractivity contribution in [2.45, 2.75) is 32.7 Å². The minimum atomic E-state index is 0.0511. The number of carbonyl (C=O) groups excluding carboxylic acids is 1. The summed E-state index contributed by atoms with van der Waals surface area (Å²) in [6, 6.07) is 24.4. The molecule has 2 heterocycles. The van der Waals surface area contributed by atoms with Crippen LogP contribution in [-0.2, 0) is 11.3 Å². The average Bonchev–Trinajstić information content (AvgIpc) is 3.35. The summed E-state index contributed by atoms with van der Waals surface area (Å²) in [6.45, 7) is 5.98. The predicted molar refractivity (Wildman–Crippen MR) is 127 cm³/mol. The van der Waals surface area contributed by atoms with Crippen molar-refractivity contribution in [2.75, 3.05) is 18.1 Å². The Morgan fingerprint density at radius 1 is 0.969 bits per heavy atom. The maximum absolute atomic E-state index is 12.9. The maximum atomic E-state index is 12.9. The second kappa shape index (κ2) is 8.50. The number of nitrogens with zero attached hydrogens (tertiary/aromatic N) is 3. The molecule has 0 saturated carbocycles. The number of para-hydroxylation sites is 2. The van der Waals surface area contributed by atoms with Crippen LogP contribution in [0.2, 0.25) is 0 Å². The van der Waals surface area contributed by atoms with Crippen LogP contribution in [0.15, 0.2) is 72.8 Å². The number of ether oxygens (including phenoxy) is 1. The van der Waals surface area contributed by atoms with Gasteiger partial charge in [0.2, 0.25) is 5.91 Å². The Balaban J connectivity index is 1.40. The van der Waals surface area contributed by atoms with Gasteiger partial charge in [-0.05, 0) is 55.8 Å². The van der Waals surface area contributed by atoms with E-state index in [0.717, 1.165) is 28.3 Å². The zero-order valence-electron chi connectivity index (χ0n) is 18.5. The fourth-order valence-corrected chi connectivity index (χ4v) is 4.46. The van der Waals surface area contributed by atoms with Crippen LogP contribution >= 0.6 is 0 Å². The highest BCUT2D eigenvalue weighted by Gasteiger charge is 2.34. The van der Waals surface area contributed by atoms with E-state index in [-0.39, 0.29) is 11.8 Å².